The number of benzene rings is 1. The molecule has 4 nitrogen and oxygen atoms in total. The first kappa shape index (κ1) is 13.3. The third-order valence-corrected chi connectivity index (χ3v) is 2.40. The summed E-state index contributed by atoms with van der Waals surface area (Å²) in [5, 5.41) is 8.52. The zero-order valence-electron chi connectivity index (χ0n) is 9.83. The number of carbonyl (C=O) groups is 1. The average molecular weight is 242 g/mol. The number of rotatable bonds is 6. The molecule has 0 amide bonds. The summed E-state index contributed by atoms with van der Waals surface area (Å²) in [6.45, 7) is 0. The fraction of sp³-hybridized carbons (Fsp3) is 0.417. The van der Waals surface area contributed by atoms with Gasteiger partial charge >= 0.3 is 5.97 Å². The van der Waals surface area contributed by atoms with E-state index >= 15 is 0 Å². The van der Waals surface area contributed by atoms with Crippen LogP contribution in [0.4, 0.5) is 4.39 Å². The maximum atomic E-state index is 13.7. The third kappa shape index (κ3) is 3.62. The van der Waals surface area contributed by atoms with Crippen molar-refractivity contribution in [3.8, 4) is 11.5 Å². The van der Waals surface area contributed by atoms with Gasteiger partial charge in [0, 0.05) is 24.1 Å². The molecule has 1 N–H and O–H groups in total. The molecule has 1 aromatic carbocycles. The van der Waals surface area contributed by atoms with E-state index in [1.807, 2.05) is 0 Å². The van der Waals surface area contributed by atoms with Crippen molar-refractivity contribution in [1.29, 1.82) is 0 Å². The Hall–Kier alpha value is -1.78. The summed E-state index contributed by atoms with van der Waals surface area (Å²) in [7, 11) is 2.88. The van der Waals surface area contributed by atoms with E-state index in [0.717, 1.165) is 0 Å². The summed E-state index contributed by atoms with van der Waals surface area (Å²) in [4.78, 5) is 10.4. The van der Waals surface area contributed by atoms with Gasteiger partial charge in [-0.15, -0.1) is 0 Å². The molecular weight excluding hydrogens is 227 g/mol. The minimum atomic E-state index is -0.891. The first-order valence-electron chi connectivity index (χ1n) is 5.20. The summed E-state index contributed by atoms with van der Waals surface area (Å²) in [5.74, 6) is -0.571. The fourth-order valence-electron chi connectivity index (χ4n) is 1.55. The molecule has 0 aromatic heterocycles. The van der Waals surface area contributed by atoms with Crippen LogP contribution < -0.4 is 9.47 Å². The average Bonchev–Trinajstić information content (AvgIpc) is 2.30. The molecule has 1 rings (SSSR count). The Labute approximate surface area is 99.0 Å². The topological polar surface area (TPSA) is 55.8 Å². The highest BCUT2D eigenvalue weighted by molar-refractivity contribution is 5.66. The molecule has 0 bridgehead atoms. The SMILES string of the molecule is COc1cc(F)c(CCCC(=O)O)c(OC)c1. The van der Waals surface area contributed by atoms with E-state index in [4.69, 9.17) is 14.6 Å². The molecule has 94 valence electrons. The van der Waals surface area contributed by atoms with Crippen LogP contribution in [0.5, 0.6) is 11.5 Å². The summed E-state index contributed by atoms with van der Waals surface area (Å²) in [6, 6.07) is 2.85. The number of hydrogen-bond donors (Lipinski definition) is 1. The number of carboxylic acids is 1. The van der Waals surface area contributed by atoms with E-state index in [2.05, 4.69) is 0 Å². The quantitative estimate of drug-likeness (QED) is 0.831. The van der Waals surface area contributed by atoms with Crippen molar-refractivity contribution < 1.29 is 23.8 Å². The van der Waals surface area contributed by atoms with Crippen LogP contribution >= 0.6 is 0 Å². The lowest BCUT2D eigenvalue weighted by atomic mass is 10.1. The van der Waals surface area contributed by atoms with Gasteiger partial charge in [-0.3, -0.25) is 4.79 Å². The van der Waals surface area contributed by atoms with Gasteiger partial charge < -0.3 is 14.6 Å². The summed E-state index contributed by atoms with van der Waals surface area (Å²) >= 11 is 0. The van der Waals surface area contributed by atoms with Crippen molar-refractivity contribution in [1.82, 2.24) is 0 Å². The van der Waals surface area contributed by atoms with Crippen molar-refractivity contribution in [3.05, 3.63) is 23.5 Å². The van der Waals surface area contributed by atoms with Gasteiger partial charge in [-0.25, -0.2) is 4.39 Å². The molecule has 0 saturated carbocycles. The molecule has 1 aromatic rings. The standard InChI is InChI=1S/C12H15FO4/c1-16-8-6-10(13)9(11(7-8)17-2)4-3-5-12(14)15/h6-7H,3-5H2,1-2H3,(H,14,15). The number of halogens is 1. The van der Waals surface area contributed by atoms with Crippen molar-refractivity contribution >= 4 is 5.97 Å². The zero-order chi connectivity index (χ0) is 12.8. The number of ether oxygens (including phenoxy) is 2. The Morgan fingerprint density at radius 1 is 1.35 bits per heavy atom. The zero-order valence-corrected chi connectivity index (χ0v) is 9.83. The predicted molar refractivity (Wildman–Crippen MR) is 60.1 cm³/mol. The van der Waals surface area contributed by atoms with Gasteiger partial charge in [0.1, 0.15) is 17.3 Å². The minimum Gasteiger partial charge on any atom is -0.497 e. The lowest BCUT2D eigenvalue weighted by molar-refractivity contribution is -0.137. The maximum absolute atomic E-state index is 13.7. The largest absolute Gasteiger partial charge is 0.497 e. The minimum absolute atomic E-state index is 0.00856. The molecule has 17 heavy (non-hydrogen) atoms. The number of aliphatic carboxylic acids is 1. The second-order valence-corrected chi connectivity index (χ2v) is 3.54. The Balaban J connectivity index is 2.86. The molecule has 0 aliphatic carbocycles. The normalized spacial score (nSPS) is 10.1. The third-order valence-electron chi connectivity index (χ3n) is 2.40. The number of carboxylic acid groups (broad SMARTS) is 1. The van der Waals surface area contributed by atoms with Gasteiger partial charge in [-0.2, -0.15) is 0 Å². The van der Waals surface area contributed by atoms with Gasteiger partial charge in [0.2, 0.25) is 0 Å². The van der Waals surface area contributed by atoms with Crippen LogP contribution in [-0.4, -0.2) is 25.3 Å². The molecule has 0 aliphatic heterocycles. The van der Waals surface area contributed by atoms with Gasteiger partial charge in [0.25, 0.3) is 0 Å². The molecule has 0 heterocycles. The van der Waals surface area contributed by atoms with Crippen molar-refractivity contribution in [2.45, 2.75) is 19.3 Å². The summed E-state index contributed by atoms with van der Waals surface area (Å²) < 4.78 is 23.7. The molecule has 0 saturated heterocycles. The Bertz CT molecular complexity index is 404. The van der Waals surface area contributed by atoms with Crippen molar-refractivity contribution in [2.75, 3.05) is 14.2 Å². The lowest BCUT2D eigenvalue weighted by Gasteiger charge is -2.11. The Kier molecular flexibility index (Phi) is 4.75. The van der Waals surface area contributed by atoms with E-state index in [-0.39, 0.29) is 6.42 Å². The molecule has 0 radical (unpaired) electrons. The molecule has 0 spiro atoms. The van der Waals surface area contributed by atoms with E-state index in [1.54, 1.807) is 6.07 Å². The first-order chi connectivity index (χ1) is 8.08. The van der Waals surface area contributed by atoms with Crippen LogP contribution in [-0.2, 0) is 11.2 Å². The van der Waals surface area contributed by atoms with Crippen molar-refractivity contribution in [2.24, 2.45) is 0 Å². The fourth-order valence-corrected chi connectivity index (χ4v) is 1.55. The number of hydrogen-bond acceptors (Lipinski definition) is 3. The van der Waals surface area contributed by atoms with Crippen LogP contribution in [0.1, 0.15) is 18.4 Å². The van der Waals surface area contributed by atoms with Crippen molar-refractivity contribution in [3.63, 3.8) is 0 Å². The highest BCUT2D eigenvalue weighted by atomic mass is 19.1. The van der Waals surface area contributed by atoms with E-state index in [0.29, 0.717) is 29.9 Å². The van der Waals surface area contributed by atoms with Crippen LogP contribution in [0, 0.1) is 5.82 Å². The monoisotopic (exact) mass is 242 g/mol. The second-order valence-electron chi connectivity index (χ2n) is 3.54. The number of methoxy groups -OCH3 is 2. The molecule has 0 fully saturated rings. The Morgan fingerprint density at radius 2 is 2.06 bits per heavy atom. The Morgan fingerprint density at radius 3 is 2.59 bits per heavy atom. The highest BCUT2D eigenvalue weighted by Crippen LogP contribution is 2.28. The van der Waals surface area contributed by atoms with Gasteiger partial charge in [-0.1, -0.05) is 0 Å². The smallest absolute Gasteiger partial charge is 0.303 e. The summed E-state index contributed by atoms with van der Waals surface area (Å²) in [5.41, 5.74) is 0.384. The predicted octanol–water partition coefficient (Wildman–Crippen LogP) is 2.25. The van der Waals surface area contributed by atoms with Crippen LogP contribution in [0.2, 0.25) is 0 Å². The van der Waals surface area contributed by atoms with Gasteiger partial charge in [-0.05, 0) is 12.8 Å². The molecule has 0 unspecified atom stereocenters. The molecular formula is C12H15FO4. The van der Waals surface area contributed by atoms with E-state index in [1.165, 1.54) is 20.3 Å². The van der Waals surface area contributed by atoms with E-state index < -0.39 is 11.8 Å². The maximum Gasteiger partial charge on any atom is 0.303 e. The molecule has 0 atom stereocenters. The van der Waals surface area contributed by atoms with Crippen LogP contribution in [0.3, 0.4) is 0 Å². The summed E-state index contributed by atoms with van der Waals surface area (Å²) in [6.07, 6.45) is 0.703. The van der Waals surface area contributed by atoms with Crippen LogP contribution in [0.15, 0.2) is 12.1 Å². The van der Waals surface area contributed by atoms with Gasteiger partial charge in [0.05, 0.1) is 14.2 Å². The molecule has 0 aliphatic rings. The van der Waals surface area contributed by atoms with E-state index in [9.17, 15) is 9.18 Å². The van der Waals surface area contributed by atoms with Gasteiger partial charge in [0.15, 0.2) is 0 Å². The van der Waals surface area contributed by atoms with Crippen LogP contribution in [0.25, 0.3) is 0 Å². The second kappa shape index (κ2) is 6.08. The molecule has 5 heteroatoms. The first-order valence-corrected chi connectivity index (χ1v) is 5.20. The highest BCUT2D eigenvalue weighted by Gasteiger charge is 2.12. The lowest BCUT2D eigenvalue weighted by Crippen LogP contribution is -2.01.